The molecule has 0 saturated carbocycles. The third-order valence-corrected chi connectivity index (χ3v) is 2.35. The van der Waals surface area contributed by atoms with Crippen molar-refractivity contribution < 1.29 is 19.2 Å². The first-order chi connectivity index (χ1) is 8.81. The third-order valence-electron chi connectivity index (χ3n) is 2.35. The van der Waals surface area contributed by atoms with Crippen LogP contribution < -0.4 is 19.2 Å². The molecule has 18 heavy (non-hydrogen) atoms. The lowest BCUT2D eigenvalue weighted by molar-refractivity contribution is -0.0999. The van der Waals surface area contributed by atoms with Crippen molar-refractivity contribution in [1.82, 2.24) is 0 Å². The Bertz CT molecular complexity index is 429. The molecule has 94 valence electrons. The molecule has 0 aromatic heterocycles. The minimum atomic E-state index is 0.603. The average molecular weight is 246 g/mol. The van der Waals surface area contributed by atoms with Gasteiger partial charge in [-0.2, -0.15) is 0 Å². The summed E-state index contributed by atoms with van der Waals surface area (Å²) in [5.74, 6) is 2.75. The summed E-state index contributed by atoms with van der Waals surface area (Å²) in [5.41, 5.74) is 0. The van der Waals surface area contributed by atoms with E-state index < -0.39 is 0 Å². The summed E-state index contributed by atoms with van der Waals surface area (Å²) >= 11 is 0. The quantitative estimate of drug-likeness (QED) is 0.600. The van der Waals surface area contributed by atoms with E-state index in [4.69, 9.17) is 19.2 Å². The van der Waals surface area contributed by atoms with E-state index in [-0.39, 0.29) is 0 Å². The van der Waals surface area contributed by atoms with Crippen LogP contribution >= 0.6 is 0 Å². The molecule has 0 unspecified atom stereocenters. The van der Waals surface area contributed by atoms with E-state index in [9.17, 15) is 0 Å². The molecule has 4 heteroatoms. The zero-order valence-corrected chi connectivity index (χ0v) is 10.3. The topological polar surface area (TPSA) is 36.9 Å². The minimum Gasteiger partial charge on any atom is -0.497 e. The van der Waals surface area contributed by atoms with Gasteiger partial charge in [0.05, 0.1) is 14.2 Å². The fourth-order valence-electron chi connectivity index (χ4n) is 1.36. The van der Waals surface area contributed by atoms with Crippen molar-refractivity contribution in [2.24, 2.45) is 0 Å². The zero-order chi connectivity index (χ0) is 12.8. The van der Waals surface area contributed by atoms with Gasteiger partial charge >= 0.3 is 0 Å². The fraction of sp³-hybridized carbons (Fsp3) is 0.143. The van der Waals surface area contributed by atoms with Crippen LogP contribution in [-0.4, -0.2) is 14.2 Å². The summed E-state index contributed by atoms with van der Waals surface area (Å²) in [4.78, 5) is 10.3. The van der Waals surface area contributed by atoms with Crippen LogP contribution in [-0.2, 0) is 0 Å². The molecule has 2 aromatic carbocycles. The first-order valence-corrected chi connectivity index (χ1v) is 5.44. The molecule has 0 spiro atoms. The molecule has 0 fully saturated rings. The molecule has 0 aliphatic carbocycles. The summed E-state index contributed by atoms with van der Waals surface area (Å²) < 4.78 is 10.1. The Morgan fingerprint density at radius 3 is 1.06 bits per heavy atom. The Balaban J connectivity index is 1.93. The Hall–Kier alpha value is -2.36. The van der Waals surface area contributed by atoms with Crippen LogP contribution in [0, 0.1) is 0 Å². The van der Waals surface area contributed by atoms with Gasteiger partial charge in [0.25, 0.3) is 0 Å². The Morgan fingerprint density at radius 2 is 0.778 bits per heavy atom. The van der Waals surface area contributed by atoms with E-state index in [1.807, 2.05) is 0 Å². The van der Waals surface area contributed by atoms with Crippen molar-refractivity contribution in [2.45, 2.75) is 0 Å². The van der Waals surface area contributed by atoms with Crippen molar-refractivity contribution in [3.63, 3.8) is 0 Å². The smallest absolute Gasteiger partial charge is 0.178 e. The van der Waals surface area contributed by atoms with Crippen molar-refractivity contribution in [3.8, 4) is 23.0 Å². The first-order valence-electron chi connectivity index (χ1n) is 5.44. The molecule has 0 amide bonds. The normalized spacial score (nSPS) is 9.67. The molecule has 0 atom stereocenters. The average Bonchev–Trinajstić information content (AvgIpc) is 2.46. The molecule has 0 heterocycles. The standard InChI is InChI=1S/C14H14O4/c1-15-11-3-7-13(8-4-11)17-18-14-9-5-12(16-2)6-10-14/h3-10H,1-2H3. The second-order valence-electron chi connectivity index (χ2n) is 3.52. The lowest BCUT2D eigenvalue weighted by Crippen LogP contribution is -2.00. The molecule has 4 nitrogen and oxygen atoms in total. The highest BCUT2D eigenvalue weighted by Crippen LogP contribution is 2.20. The highest BCUT2D eigenvalue weighted by Gasteiger charge is 1.99. The summed E-state index contributed by atoms with van der Waals surface area (Å²) in [7, 11) is 3.23. The van der Waals surface area contributed by atoms with Gasteiger partial charge in [-0.15, -0.1) is 0 Å². The van der Waals surface area contributed by atoms with Crippen molar-refractivity contribution in [2.75, 3.05) is 14.2 Å². The maximum absolute atomic E-state index is 5.17. The predicted molar refractivity (Wildman–Crippen MR) is 67.2 cm³/mol. The first kappa shape index (κ1) is 12.1. The largest absolute Gasteiger partial charge is 0.497 e. The molecule has 0 radical (unpaired) electrons. The number of hydrogen-bond acceptors (Lipinski definition) is 4. The molecule has 0 saturated heterocycles. The van der Waals surface area contributed by atoms with Crippen molar-refractivity contribution >= 4 is 0 Å². The Morgan fingerprint density at radius 1 is 0.500 bits per heavy atom. The van der Waals surface area contributed by atoms with Gasteiger partial charge in [0.2, 0.25) is 0 Å². The van der Waals surface area contributed by atoms with Crippen LogP contribution in [0.4, 0.5) is 0 Å². The monoisotopic (exact) mass is 246 g/mol. The molecule has 2 rings (SSSR count). The second-order valence-corrected chi connectivity index (χ2v) is 3.52. The van der Waals surface area contributed by atoms with Gasteiger partial charge in [0, 0.05) is 0 Å². The third kappa shape index (κ3) is 3.07. The van der Waals surface area contributed by atoms with Crippen LogP contribution in [0.15, 0.2) is 48.5 Å². The highest BCUT2D eigenvalue weighted by molar-refractivity contribution is 5.32. The van der Waals surface area contributed by atoms with Gasteiger partial charge in [-0.3, -0.25) is 9.78 Å². The lowest BCUT2D eigenvalue weighted by atomic mass is 10.3. The van der Waals surface area contributed by atoms with E-state index >= 15 is 0 Å². The van der Waals surface area contributed by atoms with Gasteiger partial charge in [-0.25, -0.2) is 0 Å². The number of ether oxygens (including phenoxy) is 2. The number of hydrogen-bond donors (Lipinski definition) is 0. The Labute approximate surface area is 106 Å². The minimum absolute atomic E-state index is 0.603. The second kappa shape index (κ2) is 5.82. The number of rotatable bonds is 5. The van der Waals surface area contributed by atoms with Crippen LogP contribution in [0.2, 0.25) is 0 Å². The molecule has 0 N–H and O–H groups in total. The zero-order valence-electron chi connectivity index (χ0n) is 10.3. The molecule has 0 aliphatic heterocycles. The Kier molecular flexibility index (Phi) is 3.91. The van der Waals surface area contributed by atoms with Gasteiger partial charge in [0.1, 0.15) is 11.5 Å². The molecule has 0 bridgehead atoms. The SMILES string of the molecule is COc1ccc(OOc2ccc(OC)cc2)cc1. The van der Waals surface area contributed by atoms with Crippen LogP contribution in [0.5, 0.6) is 23.0 Å². The van der Waals surface area contributed by atoms with Gasteiger partial charge in [0.15, 0.2) is 11.5 Å². The number of methoxy groups -OCH3 is 2. The van der Waals surface area contributed by atoms with E-state index in [2.05, 4.69) is 0 Å². The summed E-state index contributed by atoms with van der Waals surface area (Å²) in [5, 5.41) is 0. The van der Waals surface area contributed by atoms with E-state index in [1.54, 1.807) is 62.8 Å². The molecular formula is C14H14O4. The van der Waals surface area contributed by atoms with Crippen molar-refractivity contribution in [1.29, 1.82) is 0 Å². The molecule has 2 aromatic rings. The molecule has 0 aliphatic rings. The predicted octanol–water partition coefficient (Wildman–Crippen LogP) is 3.08. The van der Waals surface area contributed by atoms with Crippen LogP contribution in [0.1, 0.15) is 0 Å². The van der Waals surface area contributed by atoms with E-state index in [0.717, 1.165) is 11.5 Å². The lowest BCUT2D eigenvalue weighted by Gasteiger charge is -2.07. The van der Waals surface area contributed by atoms with Crippen LogP contribution in [0.25, 0.3) is 0 Å². The summed E-state index contributed by atoms with van der Waals surface area (Å²) in [6.07, 6.45) is 0. The van der Waals surface area contributed by atoms with E-state index in [1.165, 1.54) is 0 Å². The van der Waals surface area contributed by atoms with Gasteiger partial charge < -0.3 is 9.47 Å². The van der Waals surface area contributed by atoms with Crippen LogP contribution in [0.3, 0.4) is 0 Å². The number of benzene rings is 2. The maximum Gasteiger partial charge on any atom is 0.178 e. The van der Waals surface area contributed by atoms with Crippen molar-refractivity contribution in [3.05, 3.63) is 48.5 Å². The molecular weight excluding hydrogens is 232 g/mol. The van der Waals surface area contributed by atoms with Gasteiger partial charge in [-0.05, 0) is 48.5 Å². The maximum atomic E-state index is 5.17. The summed E-state index contributed by atoms with van der Waals surface area (Å²) in [6, 6.07) is 14.3. The highest BCUT2D eigenvalue weighted by atomic mass is 17.2. The van der Waals surface area contributed by atoms with E-state index in [0.29, 0.717) is 11.5 Å². The summed E-state index contributed by atoms with van der Waals surface area (Å²) in [6.45, 7) is 0. The van der Waals surface area contributed by atoms with Gasteiger partial charge in [-0.1, -0.05) is 0 Å². The fourth-order valence-corrected chi connectivity index (χ4v) is 1.36.